The molecule has 1 aliphatic heterocycles. The molecule has 0 aromatic carbocycles. The molecule has 0 unspecified atom stereocenters. The van der Waals surface area contributed by atoms with Gasteiger partial charge < -0.3 is 15.1 Å². The Morgan fingerprint density at radius 3 is 2.48 bits per heavy atom. The first-order chi connectivity index (χ1) is 13.2. The highest BCUT2D eigenvalue weighted by atomic mass is 15.3. The van der Waals surface area contributed by atoms with Crippen LogP contribution in [-0.2, 0) is 0 Å². The lowest BCUT2D eigenvalue weighted by molar-refractivity contribution is 0.313. The van der Waals surface area contributed by atoms with Gasteiger partial charge in [0.05, 0.1) is 30.5 Å². The number of imidazole rings is 1. The van der Waals surface area contributed by atoms with E-state index in [4.69, 9.17) is 5.26 Å². The Bertz CT molecular complexity index is 932. The molecule has 0 saturated carbocycles. The molecule has 9 nitrogen and oxygen atoms in total. The fourth-order valence-electron chi connectivity index (χ4n) is 2.88. The van der Waals surface area contributed by atoms with E-state index in [1.807, 2.05) is 29.1 Å². The summed E-state index contributed by atoms with van der Waals surface area (Å²) in [7, 11) is 2.15. The Labute approximate surface area is 156 Å². The second-order valence-corrected chi connectivity index (χ2v) is 6.35. The summed E-state index contributed by atoms with van der Waals surface area (Å²) in [6, 6.07) is 6.02. The molecule has 0 amide bonds. The average molecular weight is 361 g/mol. The molecular weight excluding hydrogens is 342 g/mol. The average Bonchev–Trinajstić information content (AvgIpc) is 3.18. The standard InChI is InChI=1S/C18H19N9/c1-25-4-6-26(7-5-25)15-2-3-18(22-10-15)27-12-17(23-13-27)24-16-11-20-14(8-19)9-21-16/h2-3,9-13H,4-7H2,1H3,(H,21,24). The smallest absolute Gasteiger partial charge is 0.158 e. The van der Waals surface area contributed by atoms with Gasteiger partial charge in [0.2, 0.25) is 0 Å². The zero-order valence-corrected chi connectivity index (χ0v) is 14.9. The van der Waals surface area contributed by atoms with Crippen LogP contribution in [0, 0.1) is 11.3 Å². The third kappa shape index (κ3) is 3.86. The van der Waals surface area contributed by atoms with Gasteiger partial charge in [0, 0.05) is 26.2 Å². The Morgan fingerprint density at radius 1 is 0.963 bits per heavy atom. The predicted octanol–water partition coefficient (Wildman–Crippen LogP) is 1.42. The zero-order chi connectivity index (χ0) is 18.6. The summed E-state index contributed by atoms with van der Waals surface area (Å²) in [4.78, 5) is 21.7. The van der Waals surface area contributed by atoms with Crippen LogP contribution in [0.2, 0.25) is 0 Å². The van der Waals surface area contributed by atoms with Crippen molar-refractivity contribution < 1.29 is 0 Å². The maximum Gasteiger partial charge on any atom is 0.158 e. The van der Waals surface area contributed by atoms with Gasteiger partial charge >= 0.3 is 0 Å². The molecule has 0 spiro atoms. The van der Waals surface area contributed by atoms with Gasteiger partial charge in [-0.2, -0.15) is 5.26 Å². The molecule has 4 heterocycles. The minimum atomic E-state index is 0.274. The van der Waals surface area contributed by atoms with Gasteiger partial charge in [-0.1, -0.05) is 0 Å². The zero-order valence-electron chi connectivity index (χ0n) is 14.9. The number of piperazine rings is 1. The lowest BCUT2D eigenvalue weighted by Gasteiger charge is -2.33. The predicted molar refractivity (Wildman–Crippen MR) is 101 cm³/mol. The minimum Gasteiger partial charge on any atom is -0.368 e. The summed E-state index contributed by atoms with van der Waals surface area (Å²) >= 11 is 0. The maximum atomic E-state index is 8.76. The molecule has 0 bridgehead atoms. The van der Waals surface area contributed by atoms with E-state index in [-0.39, 0.29) is 5.69 Å². The van der Waals surface area contributed by atoms with E-state index in [2.05, 4.69) is 48.2 Å². The summed E-state index contributed by atoms with van der Waals surface area (Å²) < 4.78 is 1.84. The highest BCUT2D eigenvalue weighted by molar-refractivity contribution is 5.51. The molecule has 136 valence electrons. The van der Waals surface area contributed by atoms with Crippen molar-refractivity contribution in [1.29, 1.82) is 5.26 Å². The molecule has 3 aromatic heterocycles. The van der Waals surface area contributed by atoms with Crippen LogP contribution in [0.15, 0.2) is 43.2 Å². The van der Waals surface area contributed by atoms with E-state index in [1.54, 1.807) is 6.33 Å². The molecule has 3 aromatic rings. The van der Waals surface area contributed by atoms with Crippen molar-refractivity contribution in [3.05, 3.63) is 48.9 Å². The topological polar surface area (TPSA) is 98.8 Å². The molecule has 9 heteroatoms. The van der Waals surface area contributed by atoms with Crippen LogP contribution in [-0.4, -0.2) is 62.6 Å². The van der Waals surface area contributed by atoms with Gasteiger partial charge in [-0.3, -0.25) is 4.57 Å². The fourth-order valence-corrected chi connectivity index (χ4v) is 2.88. The lowest BCUT2D eigenvalue weighted by atomic mass is 10.3. The molecule has 1 aliphatic rings. The highest BCUT2D eigenvalue weighted by Gasteiger charge is 2.14. The number of likely N-dealkylation sites (N-methyl/N-ethyl adjacent to an activating group) is 1. The van der Waals surface area contributed by atoms with Crippen LogP contribution in [0.4, 0.5) is 17.3 Å². The summed E-state index contributed by atoms with van der Waals surface area (Å²) in [5.74, 6) is 1.94. The van der Waals surface area contributed by atoms with E-state index >= 15 is 0 Å². The minimum absolute atomic E-state index is 0.274. The van der Waals surface area contributed by atoms with Crippen LogP contribution in [0.25, 0.3) is 5.82 Å². The molecule has 4 rings (SSSR count). The van der Waals surface area contributed by atoms with Gasteiger partial charge in [0.25, 0.3) is 0 Å². The van der Waals surface area contributed by atoms with E-state index in [0.29, 0.717) is 11.6 Å². The Morgan fingerprint density at radius 2 is 1.81 bits per heavy atom. The molecule has 0 aliphatic carbocycles. The molecule has 0 atom stereocenters. The van der Waals surface area contributed by atoms with Crippen LogP contribution >= 0.6 is 0 Å². The molecule has 0 radical (unpaired) electrons. The van der Waals surface area contributed by atoms with Gasteiger partial charge in [0.15, 0.2) is 5.69 Å². The third-order valence-electron chi connectivity index (χ3n) is 4.47. The molecule has 27 heavy (non-hydrogen) atoms. The lowest BCUT2D eigenvalue weighted by Crippen LogP contribution is -2.44. The Balaban J connectivity index is 1.44. The number of anilines is 3. The van der Waals surface area contributed by atoms with Gasteiger partial charge in [-0.25, -0.2) is 19.9 Å². The van der Waals surface area contributed by atoms with E-state index in [0.717, 1.165) is 37.7 Å². The quantitative estimate of drug-likeness (QED) is 0.745. The van der Waals surface area contributed by atoms with Crippen molar-refractivity contribution >= 4 is 17.3 Å². The number of hydrogen-bond acceptors (Lipinski definition) is 8. The van der Waals surface area contributed by atoms with E-state index < -0.39 is 0 Å². The molecular formula is C18H19N9. The van der Waals surface area contributed by atoms with Crippen LogP contribution in [0.5, 0.6) is 0 Å². The van der Waals surface area contributed by atoms with Gasteiger partial charge in [-0.15, -0.1) is 0 Å². The second kappa shape index (κ2) is 7.39. The van der Waals surface area contributed by atoms with Crippen molar-refractivity contribution in [3.63, 3.8) is 0 Å². The highest BCUT2D eigenvalue weighted by Crippen LogP contribution is 2.18. The summed E-state index contributed by atoms with van der Waals surface area (Å²) in [5, 5.41) is 11.8. The van der Waals surface area contributed by atoms with Gasteiger partial charge in [-0.05, 0) is 19.2 Å². The Kier molecular flexibility index (Phi) is 4.63. The first kappa shape index (κ1) is 16.9. The van der Waals surface area contributed by atoms with E-state index in [9.17, 15) is 0 Å². The molecule has 1 fully saturated rings. The molecule has 1 saturated heterocycles. The van der Waals surface area contributed by atoms with Crippen molar-refractivity contribution in [2.24, 2.45) is 0 Å². The van der Waals surface area contributed by atoms with Crippen LogP contribution < -0.4 is 10.2 Å². The van der Waals surface area contributed by atoms with Crippen LogP contribution in [0.1, 0.15) is 5.69 Å². The summed E-state index contributed by atoms with van der Waals surface area (Å²) in [6.45, 7) is 4.16. The first-order valence-electron chi connectivity index (χ1n) is 8.64. The van der Waals surface area contributed by atoms with E-state index in [1.165, 1.54) is 12.4 Å². The second-order valence-electron chi connectivity index (χ2n) is 6.35. The van der Waals surface area contributed by atoms with Gasteiger partial charge in [0.1, 0.15) is 29.9 Å². The number of nitriles is 1. The summed E-state index contributed by atoms with van der Waals surface area (Å²) in [5.41, 5.74) is 1.41. The van der Waals surface area contributed by atoms with Crippen LogP contribution in [0.3, 0.4) is 0 Å². The third-order valence-corrected chi connectivity index (χ3v) is 4.47. The number of hydrogen-bond donors (Lipinski definition) is 1. The number of nitrogens with zero attached hydrogens (tertiary/aromatic N) is 8. The van der Waals surface area contributed by atoms with Crippen molar-refractivity contribution in [2.75, 3.05) is 43.4 Å². The Hall–Kier alpha value is -3.51. The van der Waals surface area contributed by atoms with Crippen molar-refractivity contribution in [1.82, 2.24) is 29.4 Å². The van der Waals surface area contributed by atoms with Crippen molar-refractivity contribution in [2.45, 2.75) is 0 Å². The molecule has 1 N–H and O–H groups in total. The fraction of sp³-hybridized carbons (Fsp3) is 0.278. The number of pyridine rings is 1. The first-order valence-corrected chi connectivity index (χ1v) is 8.64. The largest absolute Gasteiger partial charge is 0.368 e. The monoisotopic (exact) mass is 361 g/mol. The number of rotatable bonds is 4. The SMILES string of the molecule is CN1CCN(c2ccc(-n3cnc(Nc4cnc(C#N)cn4)c3)nc2)CC1. The summed E-state index contributed by atoms with van der Waals surface area (Å²) in [6.07, 6.45) is 8.34. The van der Waals surface area contributed by atoms with Crippen molar-refractivity contribution in [3.8, 4) is 11.9 Å². The number of aromatic nitrogens is 5. The number of nitrogens with one attached hydrogen (secondary N) is 1. The normalized spacial score (nSPS) is 14.7. The maximum absolute atomic E-state index is 8.76.